The maximum atomic E-state index is 10.5. The molecule has 18 heavy (non-hydrogen) atoms. The molecule has 0 N–H and O–H groups in total. The molecule has 0 aliphatic heterocycles. The van der Waals surface area contributed by atoms with Gasteiger partial charge in [0.15, 0.2) is 0 Å². The van der Waals surface area contributed by atoms with E-state index in [4.69, 9.17) is 20.0 Å². The van der Waals surface area contributed by atoms with Crippen LogP contribution in [-0.2, 0) is 14.3 Å². The van der Waals surface area contributed by atoms with E-state index in [-0.39, 0.29) is 12.6 Å². The van der Waals surface area contributed by atoms with Crippen molar-refractivity contribution in [1.82, 2.24) is 4.90 Å². The van der Waals surface area contributed by atoms with Crippen LogP contribution in [0.4, 0.5) is 0 Å². The first kappa shape index (κ1) is 16.4. The average molecular weight is 253 g/mol. The Hall–Kier alpha value is -1.63. The molecule has 0 aromatic rings. The number of hydrogen-bond acceptors (Lipinski definition) is 6. The third-order valence-corrected chi connectivity index (χ3v) is 2.16. The Morgan fingerprint density at radius 3 is 2.17 bits per heavy atom. The highest BCUT2D eigenvalue weighted by Gasteiger charge is 2.04. The molecule has 0 aliphatic carbocycles. The Bertz CT molecular complexity index is 289. The first-order valence-electron chi connectivity index (χ1n) is 5.88. The highest BCUT2D eigenvalue weighted by Crippen LogP contribution is 1.94. The van der Waals surface area contributed by atoms with Gasteiger partial charge in [0.1, 0.15) is 6.61 Å². The van der Waals surface area contributed by atoms with Crippen LogP contribution in [0.2, 0.25) is 0 Å². The summed E-state index contributed by atoms with van der Waals surface area (Å²) in [6.07, 6.45) is 0.887. The lowest BCUT2D eigenvalue weighted by molar-refractivity contribution is -0.142. The Kier molecular flexibility index (Phi) is 10.8. The van der Waals surface area contributed by atoms with Crippen molar-refractivity contribution in [2.24, 2.45) is 0 Å². The zero-order chi connectivity index (χ0) is 13.6. The van der Waals surface area contributed by atoms with Crippen molar-refractivity contribution >= 4 is 5.97 Å². The molecule has 0 fully saturated rings. The number of nitriles is 2. The van der Waals surface area contributed by atoms with Crippen LogP contribution in [0.25, 0.3) is 0 Å². The van der Waals surface area contributed by atoms with Gasteiger partial charge < -0.3 is 9.47 Å². The fraction of sp³-hybridized carbons (Fsp3) is 0.750. The Morgan fingerprint density at radius 2 is 1.67 bits per heavy atom. The number of carbonyl (C=O) groups excluding carboxylic acids is 1. The molecule has 0 bridgehead atoms. The molecule has 0 saturated carbocycles. The van der Waals surface area contributed by atoms with Crippen LogP contribution >= 0.6 is 0 Å². The van der Waals surface area contributed by atoms with E-state index in [9.17, 15) is 4.79 Å². The van der Waals surface area contributed by atoms with Gasteiger partial charge in [-0.15, -0.1) is 0 Å². The minimum Gasteiger partial charge on any atom is -0.463 e. The van der Waals surface area contributed by atoms with Crippen LogP contribution in [0.5, 0.6) is 0 Å². The van der Waals surface area contributed by atoms with Gasteiger partial charge in [-0.05, 0) is 0 Å². The van der Waals surface area contributed by atoms with Gasteiger partial charge in [-0.25, -0.2) is 0 Å². The van der Waals surface area contributed by atoms with Gasteiger partial charge in [0.25, 0.3) is 0 Å². The summed E-state index contributed by atoms with van der Waals surface area (Å²) in [5.41, 5.74) is 0. The molecule has 0 saturated heterocycles. The van der Waals surface area contributed by atoms with Gasteiger partial charge in [-0.2, -0.15) is 10.5 Å². The number of rotatable bonds is 10. The van der Waals surface area contributed by atoms with Crippen LogP contribution < -0.4 is 0 Å². The number of esters is 1. The zero-order valence-corrected chi connectivity index (χ0v) is 10.7. The van der Waals surface area contributed by atoms with E-state index in [1.807, 2.05) is 4.90 Å². The van der Waals surface area contributed by atoms with Gasteiger partial charge >= 0.3 is 5.97 Å². The second-order valence-electron chi connectivity index (χ2n) is 3.61. The molecular weight excluding hydrogens is 234 g/mol. The Labute approximate surface area is 108 Å². The molecule has 0 radical (unpaired) electrons. The normalized spacial score (nSPS) is 9.78. The van der Waals surface area contributed by atoms with Crippen LogP contribution in [0, 0.1) is 22.7 Å². The van der Waals surface area contributed by atoms with Gasteiger partial charge in [-0.1, -0.05) is 0 Å². The fourth-order valence-corrected chi connectivity index (χ4v) is 1.29. The second-order valence-corrected chi connectivity index (χ2v) is 3.61. The summed E-state index contributed by atoms with van der Waals surface area (Å²) >= 11 is 0. The SMILES string of the molecule is CC(=O)OCCOCCN(CCC#N)CCC#N. The topological polar surface area (TPSA) is 86.3 Å². The third-order valence-electron chi connectivity index (χ3n) is 2.16. The molecular formula is C12H19N3O3. The smallest absolute Gasteiger partial charge is 0.302 e. The monoisotopic (exact) mass is 253 g/mol. The first-order chi connectivity index (χ1) is 8.70. The maximum absolute atomic E-state index is 10.5. The second kappa shape index (κ2) is 11.8. The summed E-state index contributed by atoms with van der Waals surface area (Å²) in [7, 11) is 0. The van der Waals surface area contributed by atoms with Crippen LogP contribution in [0.15, 0.2) is 0 Å². The quantitative estimate of drug-likeness (QED) is 0.420. The van der Waals surface area contributed by atoms with Gasteiger partial charge in [-0.3, -0.25) is 9.69 Å². The van der Waals surface area contributed by atoms with Crippen molar-refractivity contribution in [3.8, 4) is 12.1 Å². The summed E-state index contributed by atoms with van der Waals surface area (Å²) in [6.45, 7) is 4.43. The summed E-state index contributed by atoms with van der Waals surface area (Å²) in [5, 5.41) is 17.0. The first-order valence-corrected chi connectivity index (χ1v) is 5.88. The summed E-state index contributed by atoms with van der Waals surface area (Å²) in [5.74, 6) is -0.316. The van der Waals surface area contributed by atoms with Gasteiger partial charge in [0.05, 0.1) is 25.4 Å². The van der Waals surface area contributed by atoms with Crippen LogP contribution in [0.3, 0.4) is 0 Å². The van der Waals surface area contributed by atoms with Crippen molar-refractivity contribution in [2.45, 2.75) is 19.8 Å². The third kappa shape index (κ3) is 10.9. The van der Waals surface area contributed by atoms with Crippen molar-refractivity contribution in [1.29, 1.82) is 10.5 Å². The lowest BCUT2D eigenvalue weighted by Crippen LogP contribution is -2.30. The minimum absolute atomic E-state index is 0.256. The largest absolute Gasteiger partial charge is 0.463 e. The molecule has 0 atom stereocenters. The van der Waals surface area contributed by atoms with E-state index in [1.165, 1.54) is 6.92 Å². The Balaban J connectivity index is 3.59. The average Bonchev–Trinajstić information content (AvgIpc) is 2.35. The highest BCUT2D eigenvalue weighted by atomic mass is 16.6. The molecule has 0 unspecified atom stereocenters. The maximum Gasteiger partial charge on any atom is 0.302 e. The van der Waals surface area contributed by atoms with E-state index >= 15 is 0 Å². The summed E-state index contributed by atoms with van der Waals surface area (Å²) in [6, 6.07) is 4.15. The van der Waals surface area contributed by atoms with E-state index in [0.717, 1.165) is 0 Å². The summed E-state index contributed by atoms with van der Waals surface area (Å²) in [4.78, 5) is 12.5. The van der Waals surface area contributed by atoms with E-state index in [0.29, 0.717) is 45.7 Å². The lowest BCUT2D eigenvalue weighted by Gasteiger charge is -2.19. The van der Waals surface area contributed by atoms with Gasteiger partial charge in [0, 0.05) is 39.4 Å². The molecule has 0 rings (SSSR count). The minimum atomic E-state index is -0.316. The number of ether oxygens (including phenoxy) is 2. The molecule has 0 amide bonds. The van der Waals surface area contributed by atoms with Crippen molar-refractivity contribution in [3.05, 3.63) is 0 Å². The van der Waals surface area contributed by atoms with E-state index < -0.39 is 0 Å². The molecule has 0 aromatic carbocycles. The van der Waals surface area contributed by atoms with Crippen molar-refractivity contribution < 1.29 is 14.3 Å². The molecule has 0 aliphatic rings. The molecule has 0 heterocycles. The zero-order valence-electron chi connectivity index (χ0n) is 10.7. The fourth-order valence-electron chi connectivity index (χ4n) is 1.29. The predicted molar refractivity (Wildman–Crippen MR) is 64.4 cm³/mol. The molecule has 100 valence electrons. The molecule has 6 nitrogen and oxygen atoms in total. The van der Waals surface area contributed by atoms with E-state index in [2.05, 4.69) is 12.1 Å². The predicted octanol–water partition coefficient (Wildman–Crippen LogP) is 0.695. The number of carbonyl (C=O) groups is 1. The number of nitrogens with zero attached hydrogens (tertiary/aromatic N) is 3. The van der Waals surface area contributed by atoms with Crippen molar-refractivity contribution in [3.63, 3.8) is 0 Å². The van der Waals surface area contributed by atoms with Gasteiger partial charge in [0.2, 0.25) is 0 Å². The molecule has 6 heteroatoms. The highest BCUT2D eigenvalue weighted by molar-refractivity contribution is 5.65. The van der Waals surface area contributed by atoms with Crippen molar-refractivity contribution in [2.75, 3.05) is 39.5 Å². The lowest BCUT2D eigenvalue weighted by atomic mass is 10.3. The number of hydrogen-bond donors (Lipinski definition) is 0. The summed E-state index contributed by atoms with van der Waals surface area (Å²) < 4.78 is 10.0. The van der Waals surface area contributed by atoms with E-state index in [1.54, 1.807) is 0 Å². The molecule has 0 spiro atoms. The van der Waals surface area contributed by atoms with Crippen LogP contribution in [0.1, 0.15) is 19.8 Å². The Morgan fingerprint density at radius 1 is 1.06 bits per heavy atom. The standard InChI is InChI=1S/C12H19N3O3/c1-12(16)18-11-10-17-9-8-15(6-2-4-13)7-3-5-14/h2-3,6-11H2,1H3. The molecule has 0 aromatic heterocycles. The van der Waals surface area contributed by atoms with Crippen LogP contribution in [-0.4, -0.2) is 50.3 Å².